The smallest absolute Gasteiger partial charge is 0.321 e. The van der Waals surface area contributed by atoms with E-state index in [1.807, 2.05) is 84.6 Å². The van der Waals surface area contributed by atoms with Gasteiger partial charge in [-0.2, -0.15) is 0 Å². The Morgan fingerprint density at radius 1 is 1.03 bits per heavy atom. The van der Waals surface area contributed by atoms with Crippen LogP contribution in [0.5, 0.6) is 11.5 Å². The summed E-state index contributed by atoms with van der Waals surface area (Å²) in [5.74, 6) is 1.56. The van der Waals surface area contributed by atoms with E-state index in [-0.39, 0.29) is 17.9 Å². The molecule has 1 fully saturated rings. The van der Waals surface area contributed by atoms with E-state index in [9.17, 15) is 9.59 Å². The van der Waals surface area contributed by atoms with Crippen LogP contribution in [0.25, 0.3) is 0 Å². The first-order chi connectivity index (χ1) is 17.6. The highest BCUT2D eigenvalue weighted by molar-refractivity contribution is 5.94. The zero-order chi connectivity index (χ0) is 25.3. The van der Waals surface area contributed by atoms with Crippen LogP contribution in [0.3, 0.4) is 0 Å². The fourth-order valence-corrected chi connectivity index (χ4v) is 4.50. The Morgan fingerprint density at radius 3 is 2.61 bits per heavy atom. The largest absolute Gasteiger partial charge is 0.496 e. The number of anilines is 1. The zero-order valence-corrected chi connectivity index (χ0v) is 20.8. The lowest BCUT2D eigenvalue weighted by atomic mass is 9.89. The molecule has 0 radical (unpaired) electrons. The zero-order valence-electron chi connectivity index (χ0n) is 20.8. The number of hydrogen-bond acceptors (Lipinski definition) is 4. The quantitative estimate of drug-likeness (QED) is 0.444. The SMILES string of the molecule is CCOc1ccc(NC(=O)N2CCC[C@H](c3cccc(C(=O)NCc4ccccc4OC)c3)C2)cc1. The highest BCUT2D eigenvalue weighted by Gasteiger charge is 2.25. The number of likely N-dealkylation sites (tertiary alicyclic amines) is 1. The van der Waals surface area contributed by atoms with E-state index >= 15 is 0 Å². The van der Waals surface area contributed by atoms with Gasteiger partial charge in [0.1, 0.15) is 11.5 Å². The maximum Gasteiger partial charge on any atom is 0.321 e. The maximum atomic E-state index is 12.9. The number of carbonyl (C=O) groups excluding carboxylic acids is 2. The summed E-state index contributed by atoms with van der Waals surface area (Å²) in [4.78, 5) is 27.6. The van der Waals surface area contributed by atoms with Crippen LogP contribution in [0.4, 0.5) is 10.5 Å². The van der Waals surface area contributed by atoms with Gasteiger partial charge in [-0.25, -0.2) is 4.79 Å². The Bertz CT molecular complexity index is 1180. The van der Waals surface area contributed by atoms with Gasteiger partial charge in [-0.15, -0.1) is 0 Å². The van der Waals surface area contributed by atoms with Crippen LogP contribution in [0, 0.1) is 0 Å². The molecule has 1 aliphatic heterocycles. The van der Waals surface area contributed by atoms with E-state index in [4.69, 9.17) is 9.47 Å². The number of methoxy groups -OCH3 is 1. The van der Waals surface area contributed by atoms with E-state index in [1.165, 1.54) is 0 Å². The van der Waals surface area contributed by atoms with Crippen molar-refractivity contribution in [2.45, 2.75) is 32.2 Å². The molecule has 4 rings (SSSR count). The predicted octanol–water partition coefficient (Wildman–Crippen LogP) is 5.44. The van der Waals surface area contributed by atoms with Gasteiger partial charge in [-0.05, 0) is 67.8 Å². The molecule has 36 heavy (non-hydrogen) atoms. The van der Waals surface area contributed by atoms with Crippen LogP contribution in [-0.2, 0) is 6.54 Å². The van der Waals surface area contributed by atoms with Crippen LogP contribution in [0.1, 0.15) is 47.2 Å². The molecule has 188 valence electrons. The highest BCUT2D eigenvalue weighted by atomic mass is 16.5. The molecule has 1 atom stereocenters. The van der Waals surface area contributed by atoms with Crippen molar-refractivity contribution in [3.05, 3.63) is 89.5 Å². The summed E-state index contributed by atoms with van der Waals surface area (Å²) >= 11 is 0. The summed E-state index contributed by atoms with van der Waals surface area (Å²) in [6.45, 7) is 4.24. The summed E-state index contributed by atoms with van der Waals surface area (Å²) in [7, 11) is 1.62. The second kappa shape index (κ2) is 12.1. The predicted molar refractivity (Wildman–Crippen MR) is 141 cm³/mol. The van der Waals surface area contributed by atoms with E-state index in [0.717, 1.165) is 41.2 Å². The van der Waals surface area contributed by atoms with Gasteiger partial charge in [0.15, 0.2) is 0 Å². The third-order valence-electron chi connectivity index (χ3n) is 6.38. The topological polar surface area (TPSA) is 79.9 Å². The van der Waals surface area contributed by atoms with Crippen LogP contribution >= 0.6 is 0 Å². The number of hydrogen-bond donors (Lipinski definition) is 2. The van der Waals surface area contributed by atoms with Crippen molar-refractivity contribution >= 4 is 17.6 Å². The molecule has 0 spiro atoms. The molecule has 1 saturated heterocycles. The number of amides is 3. The first kappa shape index (κ1) is 25.1. The molecule has 3 aromatic carbocycles. The second-order valence-corrected chi connectivity index (χ2v) is 8.79. The number of carbonyl (C=O) groups is 2. The normalized spacial score (nSPS) is 15.2. The highest BCUT2D eigenvalue weighted by Crippen LogP contribution is 2.28. The third kappa shape index (κ3) is 6.36. The Hall–Kier alpha value is -4.00. The average molecular weight is 488 g/mol. The van der Waals surface area contributed by atoms with Crippen molar-refractivity contribution < 1.29 is 19.1 Å². The number of piperidine rings is 1. The number of benzene rings is 3. The summed E-state index contributed by atoms with van der Waals surface area (Å²) < 4.78 is 10.8. The molecule has 3 amide bonds. The second-order valence-electron chi connectivity index (χ2n) is 8.79. The Labute approximate surface area is 212 Å². The molecule has 0 aliphatic carbocycles. The standard InChI is InChI=1S/C29H33N3O4/c1-3-36-26-15-13-25(14-16-26)31-29(34)32-17-7-11-24(20-32)21-9-6-10-22(18-21)28(33)30-19-23-8-4-5-12-27(23)35-2/h4-6,8-10,12-16,18,24H,3,7,11,17,19-20H2,1-2H3,(H,30,33)(H,31,34)/t24-/m0/s1. The number of urea groups is 1. The molecule has 0 bridgehead atoms. The molecule has 7 nitrogen and oxygen atoms in total. The lowest BCUT2D eigenvalue weighted by Gasteiger charge is -2.33. The van der Waals surface area contributed by atoms with Gasteiger partial charge in [0.2, 0.25) is 0 Å². The molecule has 0 saturated carbocycles. The lowest BCUT2D eigenvalue weighted by molar-refractivity contribution is 0.0950. The van der Waals surface area contributed by atoms with E-state index < -0.39 is 0 Å². The molecule has 0 aromatic heterocycles. The molecular formula is C29H33N3O4. The molecule has 7 heteroatoms. The minimum absolute atomic E-state index is 0.116. The number of rotatable bonds is 8. The van der Waals surface area contributed by atoms with Gasteiger partial charge < -0.3 is 25.0 Å². The fraction of sp³-hybridized carbons (Fsp3) is 0.310. The van der Waals surface area contributed by atoms with Gasteiger partial charge in [0, 0.05) is 42.4 Å². The van der Waals surface area contributed by atoms with Gasteiger partial charge in [-0.3, -0.25) is 4.79 Å². The first-order valence-electron chi connectivity index (χ1n) is 12.4. The fourth-order valence-electron chi connectivity index (χ4n) is 4.50. The van der Waals surface area contributed by atoms with E-state index in [1.54, 1.807) is 7.11 Å². The molecule has 2 N–H and O–H groups in total. The van der Waals surface area contributed by atoms with Gasteiger partial charge >= 0.3 is 6.03 Å². The van der Waals surface area contributed by atoms with Gasteiger partial charge in [0.05, 0.1) is 13.7 Å². The molecule has 1 heterocycles. The van der Waals surface area contributed by atoms with Gasteiger partial charge in [-0.1, -0.05) is 30.3 Å². The Morgan fingerprint density at radius 2 is 1.83 bits per heavy atom. The van der Waals surface area contributed by atoms with Crippen molar-refractivity contribution in [1.29, 1.82) is 0 Å². The third-order valence-corrected chi connectivity index (χ3v) is 6.38. The van der Waals surface area contributed by atoms with Crippen molar-refractivity contribution in [1.82, 2.24) is 10.2 Å². The average Bonchev–Trinajstić information content (AvgIpc) is 2.93. The van der Waals surface area contributed by atoms with Crippen molar-refractivity contribution in [2.24, 2.45) is 0 Å². The van der Waals surface area contributed by atoms with Crippen molar-refractivity contribution in [2.75, 3.05) is 32.1 Å². The minimum Gasteiger partial charge on any atom is -0.496 e. The van der Waals surface area contributed by atoms with E-state index in [0.29, 0.717) is 31.8 Å². The van der Waals surface area contributed by atoms with Crippen LogP contribution in [0.15, 0.2) is 72.8 Å². The van der Waals surface area contributed by atoms with Crippen LogP contribution in [-0.4, -0.2) is 43.6 Å². The number of nitrogens with zero attached hydrogens (tertiary/aromatic N) is 1. The summed E-state index contributed by atoms with van der Waals surface area (Å²) in [6.07, 6.45) is 1.88. The first-order valence-corrected chi connectivity index (χ1v) is 12.4. The number of ether oxygens (including phenoxy) is 2. The summed E-state index contributed by atoms with van der Waals surface area (Å²) in [5.41, 5.74) is 3.34. The molecular weight excluding hydrogens is 454 g/mol. The number of nitrogens with one attached hydrogen (secondary N) is 2. The monoisotopic (exact) mass is 487 g/mol. The number of para-hydroxylation sites is 1. The van der Waals surface area contributed by atoms with Crippen LogP contribution < -0.4 is 20.1 Å². The summed E-state index contributed by atoms with van der Waals surface area (Å²) in [6, 6.07) is 22.6. The summed E-state index contributed by atoms with van der Waals surface area (Å²) in [5, 5.41) is 5.97. The minimum atomic E-state index is -0.135. The lowest BCUT2D eigenvalue weighted by Crippen LogP contribution is -2.41. The molecule has 1 aliphatic rings. The van der Waals surface area contributed by atoms with Crippen LogP contribution in [0.2, 0.25) is 0 Å². The van der Waals surface area contributed by atoms with Gasteiger partial charge in [0.25, 0.3) is 5.91 Å². The Balaban J connectivity index is 1.36. The molecule has 0 unspecified atom stereocenters. The van der Waals surface area contributed by atoms with Crippen molar-refractivity contribution in [3.63, 3.8) is 0 Å². The van der Waals surface area contributed by atoms with E-state index in [2.05, 4.69) is 10.6 Å². The van der Waals surface area contributed by atoms with Crippen molar-refractivity contribution in [3.8, 4) is 11.5 Å². The molecule has 3 aromatic rings. The maximum absolute atomic E-state index is 12.9. The Kier molecular flexibility index (Phi) is 8.44.